The van der Waals surface area contributed by atoms with Crippen molar-refractivity contribution in [2.45, 2.75) is 0 Å². The number of nitrogens with two attached hydrogens (primary N) is 2. The first kappa shape index (κ1) is 12.9. The van der Waals surface area contributed by atoms with Gasteiger partial charge in [-0.25, -0.2) is 0 Å². The first-order valence-electron chi connectivity index (χ1n) is 4.21. The van der Waals surface area contributed by atoms with Gasteiger partial charge >= 0.3 is 0 Å². The minimum absolute atomic E-state index is 0.0429. The molecule has 84 valence electrons. The predicted octanol–water partition coefficient (Wildman–Crippen LogP) is -2.32. The van der Waals surface area contributed by atoms with Gasteiger partial charge in [-0.3, -0.25) is 14.6 Å². The van der Waals surface area contributed by atoms with E-state index < -0.39 is 11.8 Å². The van der Waals surface area contributed by atoms with Crippen LogP contribution in [-0.2, 0) is 9.59 Å². The highest BCUT2D eigenvalue weighted by Crippen LogP contribution is 1.92. The summed E-state index contributed by atoms with van der Waals surface area (Å²) in [6.07, 6.45) is 1.19. The quantitative estimate of drug-likeness (QED) is 0.383. The molecule has 7 nitrogen and oxygen atoms in total. The zero-order valence-corrected chi connectivity index (χ0v) is 8.70. The molecule has 0 aromatic heterocycles. The highest BCUT2D eigenvalue weighted by molar-refractivity contribution is 6.45. The molecule has 2 amide bonds. The second-order valence-corrected chi connectivity index (χ2v) is 2.54. The molecule has 6 N–H and O–H groups in total. The molecular formula is C8H15N5O2. The van der Waals surface area contributed by atoms with Crippen molar-refractivity contribution in [3.63, 3.8) is 0 Å². The van der Waals surface area contributed by atoms with E-state index in [0.29, 0.717) is 5.70 Å². The summed E-state index contributed by atoms with van der Waals surface area (Å²) < 4.78 is 0. The molecule has 0 rings (SSSR count). The summed E-state index contributed by atoms with van der Waals surface area (Å²) in [5.41, 5.74) is 10.6. The second kappa shape index (κ2) is 6.41. The number of carbonyl (C=O) groups excluding carboxylic acids is 2. The fraction of sp³-hybridized carbons (Fsp3) is 0.375. The average molecular weight is 213 g/mol. The van der Waals surface area contributed by atoms with Gasteiger partial charge in [0.05, 0.1) is 5.70 Å². The lowest BCUT2D eigenvalue weighted by atomic mass is 10.2. The maximum Gasteiger partial charge on any atom is 0.271 e. The Morgan fingerprint density at radius 2 is 1.93 bits per heavy atom. The molecule has 15 heavy (non-hydrogen) atoms. The molecule has 0 spiro atoms. The van der Waals surface area contributed by atoms with E-state index in [1.807, 2.05) is 0 Å². The van der Waals surface area contributed by atoms with Crippen molar-refractivity contribution >= 4 is 17.5 Å². The molecule has 0 fully saturated rings. The number of hydrogen-bond donors (Lipinski definition) is 4. The van der Waals surface area contributed by atoms with E-state index in [9.17, 15) is 9.59 Å². The van der Waals surface area contributed by atoms with Crippen molar-refractivity contribution in [2.24, 2.45) is 16.5 Å². The maximum absolute atomic E-state index is 11.4. The van der Waals surface area contributed by atoms with Crippen LogP contribution in [0.4, 0.5) is 0 Å². The van der Waals surface area contributed by atoms with E-state index in [0.717, 1.165) is 0 Å². The van der Waals surface area contributed by atoms with Gasteiger partial charge in [0.2, 0.25) is 5.91 Å². The molecule has 7 heteroatoms. The highest BCUT2D eigenvalue weighted by Gasteiger charge is 2.13. The van der Waals surface area contributed by atoms with E-state index in [4.69, 9.17) is 11.5 Å². The van der Waals surface area contributed by atoms with Gasteiger partial charge in [-0.15, -0.1) is 0 Å². The molecular weight excluding hydrogens is 198 g/mol. The predicted molar refractivity (Wildman–Crippen MR) is 56.9 cm³/mol. The standard InChI is InChI=1S/C8H15N5O2/c1-11-5(3-9)7(8(15)12-2)13-4-6(10)14/h3,11H,4,9H2,1-2H3,(H2,10,14)(H,12,15). The van der Waals surface area contributed by atoms with Crippen LogP contribution >= 0.6 is 0 Å². The number of nitrogens with zero attached hydrogens (tertiary/aromatic N) is 1. The number of rotatable bonds is 5. The number of nitrogens with one attached hydrogen (secondary N) is 2. The summed E-state index contributed by atoms with van der Waals surface area (Å²) in [5, 5.41) is 5.06. The Morgan fingerprint density at radius 3 is 2.27 bits per heavy atom. The SMILES string of the molecule is CNC(=O)C(=NCC(N)=O)C(=CN)NC. The Kier molecular flexibility index (Phi) is 5.53. The molecule has 0 atom stereocenters. The Bertz CT molecular complexity index is 308. The van der Waals surface area contributed by atoms with Gasteiger partial charge in [-0.2, -0.15) is 0 Å². The van der Waals surface area contributed by atoms with Crippen LogP contribution < -0.4 is 22.1 Å². The van der Waals surface area contributed by atoms with Crippen LogP contribution in [0.5, 0.6) is 0 Å². The van der Waals surface area contributed by atoms with Crippen molar-refractivity contribution in [3.8, 4) is 0 Å². The lowest BCUT2D eigenvalue weighted by Gasteiger charge is -2.08. The molecule has 0 heterocycles. The molecule has 0 aliphatic rings. The number of aliphatic imine (C=N–C) groups is 1. The van der Waals surface area contributed by atoms with Crippen molar-refractivity contribution in [2.75, 3.05) is 20.6 Å². The molecule has 0 aliphatic heterocycles. The fourth-order valence-corrected chi connectivity index (χ4v) is 0.835. The molecule has 0 aliphatic carbocycles. The van der Waals surface area contributed by atoms with Crippen molar-refractivity contribution in [1.82, 2.24) is 10.6 Å². The Hall–Kier alpha value is -2.05. The van der Waals surface area contributed by atoms with Crippen molar-refractivity contribution in [3.05, 3.63) is 11.9 Å². The van der Waals surface area contributed by atoms with Crippen LogP contribution in [0.25, 0.3) is 0 Å². The minimum Gasteiger partial charge on any atom is -0.403 e. The lowest BCUT2D eigenvalue weighted by molar-refractivity contribution is -0.116. The fourth-order valence-electron chi connectivity index (χ4n) is 0.835. The lowest BCUT2D eigenvalue weighted by Crippen LogP contribution is -2.34. The van der Waals surface area contributed by atoms with Crippen LogP contribution in [0, 0.1) is 0 Å². The average Bonchev–Trinajstić information content (AvgIpc) is 2.22. The summed E-state index contributed by atoms with van der Waals surface area (Å²) in [7, 11) is 3.04. The minimum atomic E-state index is -0.621. The van der Waals surface area contributed by atoms with E-state index in [-0.39, 0.29) is 12.3 Å². The van der Waals surface area contributed by atoms with Gasteiger partial charge in [0, 0.05) is 20.3 Å². The summed E-state index contributed by atoms with van der Waals surface area (Å²) in [6, 6.07) is 0. The summed E-state index contributed by atoms with van der Waals surface area (Å²) in [5.74, 6) is -1.06. The zero-order chi connectivity index (χ0) is 11.8. The number of primary amides is 1. The highest BCUT2D eigenvalue weighted by atomic mass is 16.2. The molecule has 0 aromatic carbocycles. The smallest absolute Gasteiger partial charge is 0.271 e. The molecule has 0 saturated heterocycles. The Morgan fingerprint density at radius 1 is 1.33 bits per heavy atom. The molecule has 0 saturated carbocycles. The third kappa shape index (κ3) is 4.12. The molecule has 0 bridgehead atoms. The Labute approximate surface area is 87.6 Å². The van der Waals surface area contributed by atoms with Crippen LogP contribution in [-0.4, -0.2) is 38.2 Å². The van der Waals surface area contributed by atoms with Gasteiger partial charge in [0.1, 0.15) is 12.3 Å². The van der Waals surface area contributed by atoms with Crippen LogP contribution in [0.15, 0.2) is 16.9 Å². The van der Waals surface area contributed by atoms with Gasteiger partial charge in [0.15, 0.2) is 0 Å². The Balaban J connectivity index is 4.96. The number of amides is 2. The summed E-state index contributed by atoms with van der Waals surface area (Å²) >= 11 is 0. The molecule has 0 unspecified atom stereocenters. The third-order valence-electron chi connectivity index (χ3n) is 1.53. The normalized spacial score (nSPS) is 12.1. The van der Waals surface area contributed by atoms with Gasteiger partial charge in [-0.05, 0) is 0 Å². The van der Waals surface area contributed by atoms with Gasteiger partial charge in [0.25, 0.3) is 5.91 Å². The second-order valence-electron chi connectivity index (χ2n) is 2.54. The maximum atomic E-state index is 11.4. The third-order valence-corrected chi connectivity index (χ3v) is 1.53. The van der Waals surface area contributed by atoms with E-state index in [2.05, 4.69) is 15.6 Å². The van der Waals surface area contributed by atoms with E-state index in [1.165, 1.54) is 13.2 Å². The van der Waals surface area contributed by atoms with Crippen molar-refractivity contribution < 1.29 is 9.59 Å². The molecule has 0 aromatic rings. The van der Waals surface area contributed by atoms with Crippen LogP contribution in [0.3, 0.4) is 0 Å². The topological polar surface area (TPSA) is 123 Å². The van der Waals surface area contributed by atoms with E-state index >= 15 is 0 Å². The monoisotopic (exact) mass is 213 g/mol. The molecule has 0 radical (unpaired) electrons. The first-order valence-corrected chi connectivity index (χ1v) is 4.21. The largest absolute Gasteiger partial charge is 0.403 e. The van der Waals surface area contributed by atoms with Crippen molar-refractivity contribution in [1.29, 1.82) is 0 Å². The van der Waals surface area contributed by atoms with Crippen LogP contribution in [0.2, 0.25) is 0 Å². The van der Waals surface area contributed by atoms with Gasteiger partial charge < -0.3 is 22.1 Å². The van der Waals surface area contributed by atoms with Crippen LogP contribution in [0.1, 0.15) is 0 Å². The first-order chi connectivity index (χ1) is 7.06. The zero-order valence-electron chi connectivity index (χ0n) is 8.70. The number of hydrogen-bond acceptors (Lipinski definition) is 5. The summed E-state index contributed by atoms with van der Waals surface area (Å²) in [4.78, 5) is 25.6. The summed E-state index contributed by atoms with van der Waals surface area (Å²) in [6.45, 7) is -0.262. The number of carbonyl (C=O) groups is 2. The van der Waals surface area contributed by atoms with E-state index in [1.54, 1.807) is 7.05 Å². The van der Waals surface area contributed by atoms with Gasteiger partial charge in [-0.1, -0.05) is 0 Å².